The molecule has 0 bridgehead atoms. The van der Waals surface area contributed by atoms with Gasteiger partial charge in [-0.15, -0.1) is 0 Å². The fraction of sp³-hybridized carbons (Fsp3) is 0.155. The molecule has 15 aromatic heterocycles. The van der Waals surface area contributed by atoms with Crippen LogP contribution in [0.15, 0.2) is 317 Å². The summed E-state index contributed by atoms with van der Waals surface area (Å²) in [6.45, 7) is 7.24. The number of nitrogens with zero attached hydrogens (tertiary/aromatic N) is 10. The van der Waals surface area contributed by atoms with Crippen LogP contribution in [-0.4, -0.2) is 102 Å². The second kappa shape index (κ2) is 50.7. The standard InChI is InChI=1S/C21H19N3O2.C21H17N3O2.C21H19N3O.C13H8ClN3O.C8H7F3O.C7H6N2.C6H3Cl2NO.6CH4/c2*1-14-4-2-5-15(10-14)13-26-19-8-7-16(11-23-19)20(25)18-12-24-21-17(18)6-3-9-22-21;1-15-4-2-5-17(10-15)14-25-20-8-7-16(12-23-20)11-18-13-24-21-19(18)6-3-9-22-21;14-11-4-3-8(6-16-11)12(18)10-7-17-13-9(10)2-1-5-15-13;9-8(10,11)7-3-1-2-6(4-7)5-12;1-2-6-3-5-9-7(6)8-4-1;7-5-2-1-4(3-9-5)6(8)10;;;;;;/h2-12,20,25H,13H2,1H3,(H,22,24);2-12H,13H2,1H3,(H,22,24);2-10,12-13H,11,14H2,1H3,(H,22,24);1-7H,(H,15,17);1-4,12H,5H2;1-5H,(H,8,9);1-3H;6*1H4. The van der Waals surface area contributed by atoms with Crippen molar-refractivity contribution in [1.82, 2.24) is 74.8 Å². The fourth-order valence-electron chi connectivity index (χ4n) is 12.8. The molecule has 0 spiro atoms. The number of fused-ring (bicyclic) bond motifs is 5. The van der Waals surface area contributed by atoms with Crippen LogP contribution in [0.1, 0.15) is 160 Å². The van der Waals surface area contributed by atoms with Crippen molar-refractivity contribution >= 4 is 107 Å². The van der Waals surface area contributed by atoms with E-state index in [-0.39, 0.29) is 68.3 Å². The SMILES string of the molecule is C.C.C.C.C.C.Cc1cccc(COc2ccc(C(=O)c3c[nH]c4ncccc34)cn2)c1.Cc1cccc(COc2ccc(C(O)c3c[nH]c4ncccc34)cn2)c1.Cc1cccc(COc2ccc(Cc3c[nH]c4ncccc34)cn2)c1.O=C(Cl)c1ccc(Cl)nc1.O=C(c1ccc(Cl)nc1)c1c[nH]c2ncccc12.OCc1cccc(C(F)(F)F)c1.c1cnc2[nH]ccc2c1. The maximum atomic E-state index is 12.7. The number of alkyl halides is 3. The Kier molecular flexibility index (Phi) is 40.0. The molecule has 0 saturated carbocycles. The number of aromatic nitrogens is 15. The topological polar surface area (TPSA) is 327 Å². The quantitative estimate of drug-likeness (QED) is 0.0225. The fourth-order valence-corrected chi connectivity index (χ4v) is 13.1. The molecule has 680 valence electrons. The Labute approximate surface area is 779 Å². The van der Waals surface area contributed by atoms with E-state index in [1.54, 1.807) is 98.4 Å². The summed E-state index contributed by atoms with van der Waals surface area (Å²) in [6.07, 6.45) is 21.3. The number of carbonyl (C=O) groups is 3. The van der Waals surface area contributed by atoms with Crippen molar-refractivity contribution in [3.63, 3.8) is 0 Å². The Balaban J connectivity index is 0.000000215. The number of ether oxygens (including phenoxy) is 3. The van der Waals surface area contributed by atoms with Crippen LogP contribution in [0.5, 0.6) is 17.6 Å². The molecule has 0 amide bonds. The van der Waals surface area contributed by atoms with Crippen LogP contribution in [-0.2, 0) is 39.0 Å². The van der Waals surface area contributed by atoms with Crippen LogP contribution in [0.2, 0.25) is 10.3 Å². The van der Waals surface area contributed by atoms with E-state index in [4.69, 9.17) is 54.1 Å². The van der Waals surface area contributed by atoms with Crippen molar-refractivity contribution in [1.29, 1.82) is 0 Å². The molecule has 19 aromatic rings. The maximum Gasteiger partial charge on any atom is 0.416 e. The summed E-state index contributed by atoms with van der Waals surface area (Å²) >= 11 is 16.3. The zero-order valence-corrected chi connectivity index (χ0v) is 70.0. The molecule has 0 aliphatic heterocycles. The predicted octanol–water partition coefficient (Wildman–Crippen LogP) is 25.0. The third kappa shape index (κ3) is 29.0. The van der Waals surface area contributed by atoms with E-state index in [1.165, 1.54) is 58.9 Å². The van der Waals surface area contributed by atoms with E-state index in [0.717, 1.165) is 90.2 Å². The Hall–Kier alpha value is -14.9. The third-order valence-corrected chi connectivity index (χ3v) is 19.7. The van der Waals surface area contributed by atoms with Gasteiger partial charge in [0, 0.05) is 178 Å². The number of pyridine rings is 10. The molecule has 132 heavy (non-hydrogen) atoms. The minimum Gasteiger partial charge on any atom is -0.473 e. The van der Waals surface area contributed by atoms with Crippen molar-refractivity contribution in [2.24, 2.45) is 0 Å². The summed E-state index contributed by atoms with van der Waals surface area (Å²) in [5, 5.41) is 24.3. The average Bonchev–Trinajstić information content (AvgIpc) is 1.66. The van der Waals surface area contributed by atoms with E-state index in [2.05, 4.69) is 137 Å². The number of aliphatic hydroxyl groups is 2. The molecule has 7 N–H and O–H groups in total. The lowest BCUT2D eigenvalue weighted by molar-refractivity contribution is -0.137. The summed E-state index contributed by atoms with van der Waals surface area (Å²) in [6, 6.07) is 67.7. The number of nitrogens with one attached hydrogen (secondary N) is 5. The van der Waals surface area contributed by atoms with Crippen molar-refractivity contribution in [2.75, 3.05) is 0 Å². The van der Waals surface area contributed by atoms with E-state index in [0.29, 0.717) is 92.4 Å². The molecule has 4 aromatic carbocycles. The van der Waals surface area contributed by atoms with Gasteiger partial charge in [-0.05, 0) is 181 Å². The molecular formula is C103H103Cl3F3N15O8. The van der Waals surface area contributed by atoms with Crippen molar-refractivity contribution in [3.8, 4) is 17.6 Å². The van der Waals surface area contributed by atoms with Crippen molar-refractivity contribution in [2.45, 2.75) is 110 Å². The molecular weight excluding hydrogens is 1740 g/mol. The van der Waals surface area contributed by atoms with E-state index in [9.17, 15) is 32.7 Å². The number of aryl methyl sites for hydroxylation is 3. The highest BCUT2D eigenvalue weighted by molar-refractivity contribution is 6.67. The van der Waals surface area contributed by atoms with Crippen LogP contribution < -0.4 is 14.2 Å². The van der Waals surface area contributed by atoms with Gasteiger partial charge in [-0.2, -0.15) is 13.2 Å². The van der Waals surface area contributed by atoms with Gasteiger partial charge in [0.1, 0.15) is 64.5 Å². The van der Waals surface area contributed by atoms with Crippen LogP contribution in [0, 0.1) is 20.8 Å². The predicted molar refractivity (Wildman–Crippen MR) is 520 cm³/mol. The van der Waals surface area contributed by atoms with Crippen LogP contribution in [0.4, 0.5) is 13.2 Å². The molecule has 23 nitrogen and oxygen atoms in total. The molecule has 0 saturated heterocycles. The number of halogens is 6. The Morgan fingerprint density at radius 3 is 1.26 bits per heavy atom. The lowest BCUT2D eigenvalue weighted by atomic mass is 10.0. The summed E-state index contributed by atoms with van der Waals surface area (Å²) in [5.41, 5.74) is 16.9. The van der Waals surface area contributed by atoms with Crippen LogP contribution in [0.3, 0.4) is 0 Å². The number of hydrogen-bond acceptors (Lipinski definition) is 18. The van der Waals surface area contributed by atoms with Crippen LogP contribution in [0.25, 0.3) is 55.2 Å². The normalized spacial score (nSPS) is 10.5. The molecule has 0 radical (unpaired) electrons. The summed E-state index contributed by atoms with van der Waals surface area (Å²) in [7, 11) is 0. The van der Waals surface area contributed by atoms with Gasteiger partial charge in [-0.3, -0.25) is 14.4 Å². The van der Waals surface area contributed by atoms with E-state index < -0.39 is 23.1 Å². The number of H-pyrrole nitrogens is 5. The highest BCUT2D eigenvalue weighted by Gasteiger charge is 2.30. The minimum absolute atomic E-state index is 0. The molecule has 15 heterocycles. The Morgan fingerprint density at radius 1 is 0.394 bits per heavy atom. The average molecular weight is 1840 g/mol. The first-order chi connectivity index (χ1) is 61.1. The first-order valence-corrected chi connectivity index (χ1v) is 40.2. The molecule has 0 aliphatic rings. The summed E-state index contributed by atoms with van der Waals surface area (Å²) in [5.74, 6) is 1.47. The van der Waals surface area contributed by atoms with Crippen molar-refractivity contribution < 1.29 is 52.0 Å². The van der Waals surface area contributed by atoms with E-state index in [1.807, 2.05) is 129 Å². The van der Waals surface area contributed by atoms with E-state index >= 15 is 0 Å². The zero-order valence-electron chi connectivity index (χ0n) is 67.7. The third-order valence-electron chi connectivity index (χ3n) is 19.1. The molecule has 1 unspecified atom stereocenters. The molecule has 0 fully saturated rings. The van der Waals surface area contributed by atoms with Gasteiger partial charge < -0.3 is 49.3 Å². The van der Waals surface area contributed by atoms with Gasteiger partial charge in [-0.1, -0.05) is 175 Å². The van der Waals surface area contributed by atoms with Crippen molar-refractivity contribution in [3.05, 3.63) is 422 Å². The zero-order chi connectivity index (χ0) is 88.3. The van der Waals surface area contributed by atoms with Gasteiger partial charge in [0.15, 0.2) is 11.6 Å². The maximum absolute atomic E-state index is 12.7. The number of rotatable bonds is 19. The summed E-state index contributed by atoms with van der Waals surface area (Å²) < 4.78 is 53.3. The van der Waals surface area contributed by atoms with Gasteiger partial charge >= 0.3 is 6.18 Å². The number of ketones is 2. The second-order valence-corrected chi connectivity index (χ2v) is 29.4. The molecule has 29 heteroatoms. The molecule has 19 rings (SSSR count). The number of carbonyl (C=O) groups excluding carboxylic acids is 3. The number of aliphatic hydroxyl groups excluding tert-OH is 2. The molecule has 0 aliphatic carbocycles. The number of benzene rings is 4. The Morgan fingerprint density at radius 2 is 0.811 bits per heavy atom. The largest absolute Gasteiger partial charge is 0.473 e. The summed E-state index contributed by atoms with van der Waals surface area (Å²) in [4.78, 5) is 92.3. The minimum atomic E-state index is -4.33. The van der Waals surface area contributed by atoms with Gasteiger partial charge in [0.25, 0.3) is 5.24 Å². The number of aromatic amines is 5. The lowest BCUT2D eigenvalue weighted by Crippen LogP contribution is -2.05. The lowest BCUT2D eigenvalue weighted by Gasteiger charge is -2.11. The second-order valence-electron chi connectivity index (χ2n) is 28.2. The van der Waals surface area contributed by atoms with Crippen LogP contribution >= 0.6 is 34.8 Å². The van der Waals surface area contributed by atoms with Gasteiger partial charge in [0.2, 0.25) is 17.6 Å². The highest BCUT2D eigenvalue weighted by atomic mass is 35.5. The first kappa shape index (κ1) is 104. The monoisotopic (exact) mass is 1840 g/mol. The first-order valence-electron chi connectivity index (χ1n) is 39.1. The van der Waals surface area contributed by atoms with Gasteiger partial charge in [-0.25, -0.2) is 49.8 Å². The smallest absolute Gasteiger partial charge is 0.416 e. The Bertz CT molecular complexity index is 6790. The van der Waals surface area contributed by atoms with Gasteiger partial charge in [0.05, 0.1) is 17.7 Å². The highest BCUT2D eigenvalue weighted by Crippen LogP contribution is 2.32. The molecule has 1 atom stereocenters. The number of hydrogen-bond donors (Lipinski definition) is 7.